The van der Waals surface area contributed by atoms with Crippen LogP contribution in [0.3, 0.4) is 0 Å². The molecular weight excluding hydrogens is 174 g/mol. The fourth-order valence-corrected chi connectivity index (χ4v) is 0.886. The van der Waals surface area contributed by atoms with Crippen LogP contribution >= 0.6 is 0 Å². The van der Waals surface area contributed by atoms with Crippen LogP contribution in [0.15, 0.2) is 18.2 Å². The van der Waals surface area contributed by atoms with E-state index in [-0.39, 0.29) is 6.42 Å². The third-order valence-corrected chi connectivity index (χ3v) is 1.51. The molecule has 1 rings (SSSR count). The van der Waals surface area contributed by atoms with Crippen LogP contribution in [0, 0.1) is 24.0 Å². The molecule has 0 spiro atoms. The number of ketones is 1. The molecule has 0 radical (unpaired) electrons. The van der Waals surface area contributed by atoms with E-state index in [1.54, 1.807) is 0 Å². The third kappa shape index (κ3) is 2.38. The van der Waals surface area contributed by atoms with Crippen LogP contribution in [0.1, 0.15) is 5.56 Å². The lowest BCUT2D eigenvalue weighted by Gasteiger charge is -1.97. The van der Waals surface area contributed by atoms with Gasteiger partial charge in [-0.2, -0.15) is 0 Å². The molecule has 66 valence electrons. The fraction of sp³-hybridized carbons (Fsp3) is 0.100. The Kier molecular flexibility index (Phi) is 2.76. The van der Waals surface area contributed by atoms with Gasteiger partial charge >= 0.3 is 0 Å². The summed E-state index contributed by atoms with van der Waals surface area (Å²) >= 11 is 0. The molecule has 0 aliphatic heterocycles. The first-order valence-electron chi connectivity index (χ1n) is 3.57. The minimum atomic E-state index is -0.970. The molecule has 0 unspecified atom stereocenters. The smallest absolute Gasteiger partial charge is 0.209 e. The summed E-state index contributed by atoms with van der Waals surface area (Å²) in [5.74, 6) is -0.464. The van der Waals surface area contributed by atoms with Gasteiger partial charge in [-0.1, -0.05) is 6.07 Å². The van der Waals surface area contributed by atoms with E-state index >= 15 is 0 Å². The Morgan fingerprint density at radius 1 is 1.38 bits per heavy atom. The van der Waals surface area contributed by atoms with Gasteiger partial charge in [0.05, 0.1) is 0 Å². The van der Waals surface area contributed by atoms with E-state index < -0.39 is 17.4 Å². The highest BCUT2D eigenvalue weighted by molar-refractivity contribution is 5.96. The molecule has 0 aliphatic rings. The number of benzene rings is 1. The predicted molar refractivity (Wildman–Crippen MR) is 43.9 cm³/mol. The van der Waals surface area contributed by atoms with E-state index in [0.29, 0.717) is 5.56 Å². The van der Waals surface area contributed by atoms with Crippen LogP contribution in [-0.4, -0.2) is 5.78 Å². The zero-order valence-corrected chi connectivity index (χ0v) is 6.68. The van der Waals surface area contributed by atoms with Gasteiger partial charge < -0.3 is 0 Å². The molecule has 0 fully saturated rings. The van der Waals surface area contributed by atoms with Crippen LogP contribution in [0.4, 0.5) is 8.78 Å². The van der Waals surface area contributed by atoms with Crippen molar-refractivity contribution in [2.45, 2.75) is 6.42 Å². The van der Waals surface area contributed by atoms with Crippen molar-refractivity contribution in [3.05, 3.63) is 35.4 Å². The second kappa shape index (κ2) is 3.81. The van der Waals surface area contributed by atoms with E-state index in [4.69, 9.17) is 6.42 Å². The molecular formula is C10H6F2O. The monoisotopic (exact) mass is 180 g/mol. The van der Waals surface area contributed by atoms with Gasteiger partial charge in [-0.3, -0.25) is 4.79 Å². The number of Topliss-reactive ketones (excluding diaryl/α,β-unsaturated/α-hetero) is 1. The highest BCUT2D eigenvalue weighted by atomic mass is 19.2. The summed E-state index contributed by atoms with van der Waals surface area (Å²) in [5, 5.41) is 0. The highest BCUT2D eigenvalue weighted by Crippen LogP contribution is 2.09. The van der Waals surface area contributed by atoms with Crippen molar-refractivity contribution >= 4 is 5.78 Å². The molecule has 0 atom stereocenters. The Hall–Kier alpha value is -1.69. The molecule has 0 amide bonds. The van der Waals surface area contributed by atoms with Crippen molar-refractivity contribution in [2.75, 3.05) is 0 Å². The van der Waals surface area contributed by atoms with Crippen molar-refractivity contribution in [3.8, 4) is 12.3 Å². The Morgan fingerprint density at radius 3 is 2.62 bits per heavy atom. The summed E-state index contributed by atoms with van der Waals surface area (Å²) in [6.45, 7) is 0. The van der Waals surface area contributed by atoms with E-state index in [1.165, 1.54) is 6.07 Å². The van der Waals surface area contributed by atoms with Crippen LogP contribution in [0.2, 0.25) is 0 Å². The topological polar surface area (TPSA) is 17.1 Å². The quantitative estimate of drug-likeness (QED) is 0.500. The number of hydrogen-bond donors (Lipinski definition) is 0. The molecule has 0 saturated carbocycles. The second-order valence-corrected chi connectivity index (χ2v) is 2.49. The molecule has 0 N–H and O–H groups in total. The molecule has 1 aromatic rings. The zero-order valence-electron chi connectivity index (χ0n) is 6.68. The lowest BCUT2D eigenvalue weighted by molar-refractivity contribution is -0.113. The summed E-state index contributed by atoms with van der Waals surface area (Å²) < 4.78 is 25.0. The van der Waals surface area contributed by atoms with Crippen LogP contribution in [0.5, 0.6) is 0 Å². The lowest BCUT2D eigenvalue weighted by atomic mass is 10.1. The average molecular weight is 180 g/mol. The fourth-order valence-electron chi connectivity index (χ4n) is 0.886. The van der Waals surface area contributed by atoms with Crippen LogP contribution in [0.25, 0.3) is 0 Å². The largest absolute Gasteiger partial charge is 0.285 e. The summed E-state index contributed by atoms with van der Waals surface area (Å²) in [5.41, 5.74) is 0.377. The van der Waals surface area contributed by atoms with Crippen molar-refractivity contribution in [1.82, 2.24) is 0 Å². The Bertz CT molecular complexity index is 377. The van der Waals surface area contributed by atoms with Crippen molar-refractivity contribution in [1.29, 1.82) is 0 Å². The molecule has 3 heteroatoms. The number of rotatable bonds is 2. The lowest BCUT2D eigenvalue weighted by Crippen LogP contribution is -1.99. The molecule has 0 saturated heterocycles. The molecule has 0 aromatic heterocycles. The maximum atomic E-state index is 12.6. The van der Waals surface area contributed by atoms with Gasteiger partial charge in [-0.25, -0.2) is 8.78 Å². The van der Waals surface area contributed by atoms with E-state index in [9.17, 15) is 13.6 Å². The summed E-state index contributed by atoms with van der Waals surface area (Å²) in [4.78, 5) is 10.7. The van der Waals surface area contributed by atoms with E-state index in [0.717, 1.165) is 12.1 Å². The Balaban J connectivity index is 2.87. The van der Waals surface area contributed by atoms with Crippen LogP contribution < -0.4 is 0 Å². The second-order valence-electron chi connectivity index (χ2n) is 2.49. The molecule has 0 heterocycles. The maximum Gasteiger partial charge on any atom is 0.209 e. The third-order valence-electron chi connectivity index (χ3n) is 1.51. The summed E-state index contributed by atoms with van der Waals surface area (Å²) in [7, 11) is 0. The Morgan fingerprint density at radius 2 is 2.08 bits per heavy atom. The van der Waals surface area contributed by atoms with Gasteiger partial charge in [0.25, 0.3) is 0 Å². The average Bonchev–Trinajstić information content (AvgIpc) is 2.11. The first-order chi connectivity index (χ1) is 6.13. The summed E-state index contributed by atoms with van der Waals surface area (Å²) in [6, 6.07) is 3.26. The highest BCUT2D eigenvalue weighted by Gasteiger charge is 2.04. The first-order valence-corrected chi connectivity index (χ1v) is 3.57. The van der Waals surface area contributed by atoms with E-state index in [1.807, 2.05) is 5.92 Å². The number of terminal acetylenes is 1. The molecule has 1 aromatic carbocycles. The van der Waals surface area contributed by atoms with Gasteiger partial charge in [0.2, 0.25) is 5.78 Å². The maximum absolute atomic E-state index is 12.6. The van der Waals surface area contributed by atoms with E-state index in [2.05, 4.69) is 0 Å². The first kappa shape index (κ1) is 9.40. The number of halogens is 2. The van der Waals surface area contributed by atoms with Gasteiger partial charge in [0, 0.05) is 6.42 Å². The van der Waals surface area contributed by atoms with Gasteiger partial charge in [0.15, 0.2) is 11.6 Å². The molecule has 13 heavy (non-hydrogen) atoms. The SMILES string of the molecule is C#CC(=O)Cc1ccc(F)c(F)c1. The predicted octanol–water partition coefficient (Wildman–Crippen LogP) is 1.71. The van der Waals surface area contributed by atoms with Crippen molar-refractivity contribution in [2.24, 2.45) is 0 Å². The van der Waals surface area contributed by atoms with Gasteiger partial charge in [0.1, 0.15) is 0 Å². The van der Waals surface area contributed by atoms with Crippen molar-refractivity contribution < 1.29 is 13.6 Å². The summed E-state index contributed by atoms with van der Waals surface area (Å²) in [6.07, 6.45) is 4.76. The number of carbonyl (C=O) groups is 1. The molecule has 0 bridgehead atoms. The Labute approximate surface area is 74.4 Å². The minimum Gasteiger partial charge on any atom is -0.285 e. The van der Waals surface area contributed by atoms with Crippen LogP contribution in [-0.2, 0) is 11.2 Å². The standard InChI is InChI=1S/C10H6F2O/c1-2-8(13)5-7-3-4-9(11)10(12)6-7/h1,3-4,6H,5H2. The number of carbonyl (C=O) groups excluding carboxylic acids is 1. The number of hydrogen-bond acceptors (Lipinski definition) is 1. The molecule has 1 nitrogen and oxygen atoms in total. The minimum absolute atomic E-state index is 0.0618. The molecule has 0 aliphatic carbocycles. The normalized spacial score (nSPS) is 9.31. The van der Waals surface area contributed by atoms with Gasteiger partial charge in [-0.15, -0.1) is 6.42 Å². The van der Waals surface area contributed by atoms with Crippen molar-refractivity contribution in [3.63, 3.8) is 0 Å². The van der Waals surface area contributed by atoms with Gasteiger partial charge in [-0.05, 0) is 23.6 Å². The zero-order chi connectivity index (χ0) is 9.84.